The third kappa shape index (κ3) is 2.61. The molecule has 0 bridgehead atoms. The van der Waals surface area contributed by atoms with E-state index in [4.69, 9.17) is 4.74 Å². The third-order valence-electron chi connectivity index (χ3n) is 3.40. The molecule has 0 aliphatic carbocycles. The number of hydrogen-bond donors (Lipinski definition) is 2. The van der Waals surface area contributed by atoms with Gasteiger partial charge in [-0.1, -0.05) is 29.8 Å². The van der Waals surface area contributed by atoms with Gasteiger partial charge in [0.2, 0.25) is 0 Å². The molecule has 0 amide bonds. The summed E-state index contributed by atoms with van der Waals surface area (Å²) in [6.07, 6.45) is 0. The van der Waals surface area contributed by atoms with E-state index in [0.717, 1.165) is 32.8 Å². The van der Waals surface area contributed by atoms with Crippen LogP contribution in [0.4, 0.5) is 0 Å². The van der Waals surface area contributed by atoms with E-state index in [1.54, 1.807) is 4.90 Å². The van der Waals surface area contributed by atoms with Gasteiger partial charge in [0.1, 0.15) is 19.6 Å². The van der Waals surface area contributed by atoms with Gasteiger partial charge in [0, 0.05) is 5.56 Å². The van der Waals surface area contributed by atoms with E-state index in [-0.39, 0.29) is 0 Å². The first kappa shape index (κ1) is 11.6. The van der Waals surface area contributed by atoms with Gasteiger partial charge in [-0.2, -0.15) is 0 Å². The van der Waals surface area contributed by atoms with Crippen molar-refractivity contribution in [3.8, 4) is 0 Å². The fourth-order valence-corrected chi connectivity index (χ4v) is 2.39. The number of aryl methyl sites for hydroxylation is 1. The van der Waals surface area contributed by atoms with Crippen LogP contribution in [-0.2, 0) is 4.74 Å². The number of rotatable bonds is 3. The zero-order chi connectivity index (χ0) is 11.4. The van der Waals surface area contributed by atoms with E-state index >= 15 is 0 Å². The summed E-state index contributed by atoms with van der Waals surface area (Å²) in [6, 6.07) is 9.40. The maximum atomic E-state index is 5.41. The van der Waals surface area contributed by atoms with Crippen molar-refractivity contribution >= 4 is 0 Å². The summed E-state index contributed by atoms with van der Waals surface area (Å²) >= 11 is 0. The molecule has 1 aliphatic rings. The van der Waals surface area contributed by atoms with Crippen LogP contribution in [0.3, 0.4) is 0 Å². The predicted molar refractivity (Wildman–Crippen MR) is 63.2 cm³/mol. The summed E-state index contributed by atoms with van der Waals surface area (Å²) in [7, 11) is 0. The lowest BCUT2D eigenvalue weighted by Gasteiger charge is -2.29. The van der Waals surface area contributed by atoms with Gasteiger partial charge in [-0.25, -0.2) is 0 Å². The molecular formula is C13H22N2O+2. The van der Waals surface area contributed by atoms with Gasteiger partial charge in [0.05, 0.1) is 13.2 Å². The van der Waals surface area contributed by atoms with Crippen LogP contribution in [0, 0.1) is 6.92 Å². The molecule has 0 aromatic heterocycles. The van der Waals surface area contributed by atoms with Gasteiger partial charge in [0.25, 0.3) is 0 Å². The Morgan fingerprint density at radius 3 is 2.44 bits per heavy atom. The van der Waals surface area contributed by atoms with E-state index in [1.807, 2.05) is 0 Å². The van der Waals surface area contributed by atoms with Crippen molar-refractivity contribution < 1.29 is 15.4 Å². The van der Waals surface area contributed by atoms with Crippen molar-refractivity contribution in [1.29, 1.82) is 0 Å². The molecule has 3 heteroatoms. The van der Waals surface area contributed by atoms with Crippen LogP contribution in [0.25, 0.3) is 0 Å². The van der Waals surface area contributed by atoms with Gasteiger partial charge in [-0.05, 0) is 6.92 Å². The zero-order valence-corrected chi connectivity index (χ0v) is 10.0. The number of benzene rings is 1. The Balaban J connectivity index is 2.11. The lowest BCUT2D eigenvalue weighted by Crippen LogP contribution is -3.15. The summed E-state index contributed by atoms with van der Waals surface area (Å²) in [4.78, 5) is 1.62. The Morgan fingerprint density at radius 1 is 1.25 bits per heavy atom. The molecule has 1 aliphatic heterocycles. The van der Waals surface area contributed by atoms with Crippen LogP contribution >= 0.6 is 0 Å². The molecule has 4 N–H and O–H groups in total. The molecule has 2 rings (SSSR count). The lowest BCUT2D eigenvalue weighted by molar-refractivity contribution is -0.944. The van der Waals surface area contributed by atoms with Gasteiger partial charge >= 0.3 is 0 Å². The fraction of sp³-hybridized carbons (Fsp3) is 0.538. The highest BCUT2D eigenvalue weighted by atomic mass is 16.5. The topological polar surface area (TPSA) is 41.3 Å². The molecule has 0 spiro atoms. The summed E-state index contributed by atoms with van der Waals surface area (Å²) in [5.41, 5.74) is 6.84. The molecule has 1 fully saturated rings. The smallest absolute Gasteiger partial charge is 0.163 e. The van der Waals surface area contributed by atoms with Gasteiger partial charge in [0.15, 0.2) is 6.04 Å². The van der Waals surface area contributed by atoms with E-state index in [1.165, 1.54) is 11.1 Å². The molecular weight excluding hydrogens is 200 g/mol. The van der Waals surface area contributed by atoms with Crippen LogP contribution < -0.4 is 10.6 Å². The monoisotopic (exact) mass is 222 g/mol. The minimum atomic E-state index is 0.532. The highest BCUT2D eigenvalue weighted by Gasteiger charge is 2.26. The number of morpholine rings is 1. The van der Waals surface area contributed by atoms with E-state index < -0.39 is 0 Å². The van der Waals surface area contributed by atoms with E-state index in [9.17, 15) is 0 Å². The molecule has 1 heterocycles. The Kier molecular flexibility index (Phi) is 3.93. The number of ether oxygens (including phenoxy) is 1. The number of hydrogen-bond acceptors (Lipinski definition) is 1. The summed E-state index contributed by atoms with van der Waals surface area (Å²) < 4.78 is 5.41. The molecule has 1 atom stereocenters. The van der Waals surface area contributed by atoms with E-state index in [0.29, 0.717) is 6.04 Å². The Bertz CT molecular complexity index is 317. The maximum Gasteiger partial charge on any atom is 0.163 e. The molecule has 1 aromatic carbocycles. The summed E-state index contributed by atoms with van der Waals surface area (Å²) in [5.74, 6) is 0. The van der Waals surface area contributed by atoms with Crippen molar-refractivity contribution in [2.24, 2.45) is 0 Å². The molecule has 1 aromatic rings. The predicted octanol–water partition coefficient (Wildman–Crippen LogP) is -0.807. The lowest BCUT2D eigenvalue weighted by atomic mass is 10.0. The van der Waals surface area contributed by atoms with E-state index in [2.05, 4.69) is 36.9 Å². The molecule has 0 radical (unpaired) electrons. The number of nitrogens with one attached hydrogen (secondary N) is 1. The largest absolute Gasteiger partial charge is 0.370 e. The zero-order valence-electron chi connectivity index (χ0n) is 10.0. The first-order valence-electron chi connectivity index (χ1n) is 6.09. The highest BCUT2D eigenvalue weighted by molar-refractivity contribution is 5.22. The first-order valence-corrected chi connectivity index (χ1v) is 6.09. The quantitative estimate of drug-likeness (QED) is 0.690. The standard InChI is InChI=1S/C13H20N2O/c1-11-2-4-12(5-3-11)13(10-14)15-6-8-16-9-7-15/h2-5,13H,6-10,14H2,1H3/p+2/t13-/m0/s1. The normalized spacial score (nSPS) is 19.6. The minimum Gasteiger partial charge on any atom is -0.370 e. The van der Waals surface area contributed by atoms with Crippen LogP contribution in [0.15, 0.2) is 24.3 Å². The molecule has 3 nitrogen and oxygen atoms in total. The SMILES string of the molecule is Cc1ccc([C@H](C[NH3+])[NH+]2CCOCC2)cc1. The fourth-order valence-electron chi connectivity index (χ4n) is 2.39. The van der Waals surface area contributed by atoms with Gasteiger partial charge < -0.3 is 15.4 Å². The first-order chi connectivity index (χ1) is 7.81. The molecule has 1 saturated heterocycles. The Hall–Kier alpha value is -0.900. The minimum absolute atomic E-state index is 0.532. The summed E-state index contributed by atoms with van der Waals surface area (Å²) in [5, 5.41) is 0. The van der Waals surface area contributed by atoms with Crippen molar-refractivity contribution in [2.75, 3.05) is 32.8 Å². The molecule has 88 valence electrons. The highest BCUT2D eigenvalue weighted by Crippen LogP contribution is 2.09. The molecule has 0 unspecified atom stereocenters. The van der Waals surface area contributed by atoms with Crippen molar-refractivity contribution in [3.05, 3.63) is 35.4 Å². The number of quaternary nitrogens is 2. The van der Waals surface area contributed by atoms with Crippen molar-refractivity contribution in [3.63, 3.8) is 0 Å². The van der Waals surface area contributed by atoms with Crippen LogP contribution in [0.5, 0.6) is 0 Å². The second kappa shape index (κ2) is 5.43. The second-order valence-corrected chi connectivity index (χ2v) is 4.52. The maximum absolute atomic E-state index is 5.41. The van der Waals surface area contributed by atoms with Crippen molar-refractivity contribution in [1.82, 2.24) is 0 Å². The van der Waals surface area contributed by atoms with Crippen LogP contribution in [-0.4, -0.2) is 32.8 Å². The van der Waals surface area contributed by atoms with Crippen LogP contribution in [0.1, 0.15) is 17.2 Å². The van der Waals surface area contributed by atoms with Gasteiger partial charge in [-0.3, -0.25) is 0 Å². The van der Waals surface area contributed by atoms with Gasteiger partial charge in [-0.15, -0.1) is 0 Å². The Morgan fingerprint density at radius 2 is 1.88 bits per heavy atom. The summed E-state index contributed by atoms with van der Waals surface area (Å²) in [6.45, 7) is 7.07. The van der Waals surface area contributed by atoms with Crippen molar-refractivity contribution in [2.45, 2.75) is 13.0 Å². The Labute approximate surface area is 97.2 Å². The second-order valence-electron chi connectivity index (χ2n) is 4.52. The van der Waals surface area contributed by atoms with Crippen LogP contribution in [0.2, 0.25) is 0 Å². The third-order valence-corrected chi connectivity index (χ3v) is 3.40. The molecule has 0 saturated carbocycles. The molecule has 16 heavy (non-hydrogen) atoms. The average molecular weight is 222 g/mol. The average Bonchev–Trinajstić information content (AvgIpc) is 2.34.